The minimum Gasteiger partial charge on any atom is -0.314 e. The highest BCUT2D eigenvalue weighted by molar-refractivity contribution is 7.32. The zero-order valence-corrected chi connectivity index (χ0v) is 24.8. The highest BCUT2D eigenvalue weighted by Gasteiger charge is 2.47. The molecule has 0 aromatic carbocycles. The summed E-state index contributed by atoms with van der Waals surface area (Å²) >= 11 is 0. The highest BCUT2D eigenvalue weighted by atomic mass is 31.1. The van der Waals surface area contributed by atoms with E-state index in [0.717, 1.165) is 25.7 Å². The second-order valence-electron chi connectivity index (χ2n) is 11.5. The normalized spacial score (nSPS) is 14.0. The molecule has 0 rings (SSSR count). The molecule has 0 heterocycles. The van der Waals surface area contributed by atoms with Crippen molar-refractivity contribution in [1.82, 2.24) is 0 Å². The van der Waals surface area contributed by atoms with Crippen LogP contribution in [0, 0.1) is 0 Å². The molecule has 0 bridgehead atoms. The van der Waals surface area contributed by atoms with E-state index in [2.05, 4.69) is 26.0 Å². The molecule has 0 saturated carbocycles. The molecule has 0 saturated heterocycles. The molecule has 0 spiro atoms. The van der Waals surface area contributed by atoms with E-state index in [9.17, 15) is 9.13 Å². The Morgan fingerprint density at radius 2 is 0.912 bits per heavy atom. The van der Waals surface area contributed by atoms with Gasteiger partial charge in [0.1, 0.15) is 0 Å². The summed E-state index contributed by atoms with van der Waals surface area (Å²) in [6.45, 7) is 4.38. The molecule has 3 nitrogen and oxygen atoms in total. The van der Waals surface area contributed by atoms with Gasteiger partial charge >= 0.3 is 7.68 Å². The minimum absolute atomic E-state index is 0.523. The summed E-state index contributed by atoms with van der Waals surface area (Å²) in [5.74, 6) is 0. The van der Waals surface area contributed by atoms with Crippen LogP contribution in [0.4, 0.5) is 0 Å². The van der Waals surface area contributed by atoms with Gasteiger partial charge in [0, 0.05) is 12.8 Å². The molecule has 34 heavy (non-hydrogen) atoms. The number of unbranched alkanes of at least 4 members (excludes halogenated alkanes) is 17. The Labute approximate surface area is 215 Å². The molecule has 4 heteroatoms. The first kappa shape index (κ1) is 33.6. The van der Waals surface area contributed by atoms with Gasteiger partial charge in [0.25, 0.3) is 0 Å². The summed E-state index contributed by atoms with van der Waals surface area (Å²) in [5, 5.41) is -0.590. The molecule has 0 aromatic heterocycles. The Morgan fingerprint density at radius 1 is 0.529 bits per heavy atom. The van der Waals surface area contributed by atoms with Crippen LogP contribution in [0.1, 0.15) is 155 Å². The van der Waals surface area contributed by atoms with Gasteiger partial charge in [-0.3, -0.25) is 0 Å². The topological polar surface area (TPSA) is 34.1 Å². The maximum atomic E-state index is 12.1. The van der Waals surface area contributed by atoms with Crippen LogP contribution in [0.3, 0.4) is 0 Å². The molecule has 0 aliphatic rings. The monoisotopic (exact) mass is 498 g/mol. The van der Waals surface area contributed by atoms with Gasteiger partial charge in [-0.15, -0.1) is 0 Å². The molecule has 0 amide bonds. The van der Waals surface area contributed by atoms with E-state index in [0.29, 0.717) is 4.48 Å². The average Bonchev–Trinajstić information content (AvgIpc) is 2.78. The van der Waals surface area contributed by atoms with E-state index in [1.165, 1.54) is 116 Å². The van der Waals surface area contributed by atoms with E-state index in [1.807, 2.05) is 21.1 Å². The van der Waals surface area contributed by atoms with Crippen LogP contribution in [0.15, 0.2) is 12.2 Å². The molecule has 0 radical (unpaired) electrons. The molecule has 0 fully saturated rings. The van der Waals surface area contributed by atoms with Crippen LogP contribution in [0.2, 0.25) is 0 Å². The van der Waals surface area contributed by atoms with E-state index in [4.69, 9.17) is 0 Å². The number of allylic oxidation sites excluding steroid dienone is 2. The second kappa shape index (κ2) is 21.8. The summed E-state index contributed by atoms with van der Waals surface area (Å²) in [4.78, 5) is 0. The minimum atomic E-state index is -2.42. The third-order valence-corrected chi connectivity index (χ3v) is 9.30. The first-order chi connectivity index (χ1) is 16.3. The number of nitrogens with zero attached hydrogens (tertiary/aromatic N) is 1. The average molecular weight is 499 g/mol. The summed E-state index contributed by atoms with van der Waals surface area (Å²) in [6, 6.07) is 0. The third kappa shape index (κ3) is 16.3. The van der Waals surface area contributed by atoms with Crippen molar-refractivity contribution in [2.24, 2.45) is 0 Å². The predicted molar refractivity (Wildman–Crippen MR) is 151 cm³/mol. The number of hydrogen-bond donors (Lipinski definition) is 0. The van der Waals surface area contributed by atoms with Gasteiger partial charge < -0.3 is 4.48 Å². The maximum absolute atomic E-state index is 12.1. The number of quaternary nitrogens is 1. The Morgan fingerprint density at radius 3 is 1.26 bits per heavy atom. The molecule has 0 aliphatic heterocycles. The van der Waals surface area contributed by atoms with Crippen LogP contribution < -0.4 is 0 Å². The first-order valence-electron chi connectivity index (χ1n) is 14.9. The maximum Gasteiger partial charge on any atom is 0.378 e. The molecule has 1 unspecified atom stereocenters. The molecule has 1 atom stereocenters. The van der Waals surface area contributed by atoms with Crippen molar-refractivity contribution in [2.45, 2.75) is 160 Å². The van der Waals surface area contributed by atoms with Crippen LogP contribution in [-0.2, 0) is 9.13 Å². The molecule has 202 valence electrons. The second-order valence-corrected chi connectivity index (χ2v) is 12.8. The summed E-state index contributed by atoms with van der Waals surface area (Å²) in [5.41, 5.74) is 0. The van der Waals surface area contributed by atoms with Crippen molar-refractivity contribution in [3.05, 3.63) is 12.2 Å². The zero-order chi connectivity index (χ0) is 25.5. The van der Waals surface area contributed by atoms with Crippen molar-refractivity contribution in [1.29, 1.82) is 0 Å². The highest BCUT2D eigenvalue weighted by Crippen LogP contribution is 2.44. The van der Waals surface area contributed by atoms with Crippen LogP contribution in [0.25, 0.3) is 0 Å². The Bertz CT molecular complexity index is 542. The van der Waals surface area contributed by atoms with Gasteiger partial charge in [-0.2, -0.15) is 0 Å². The Kier molecular flexibility index (Phi) is 21.6. The molecule has 0 aliphatic carbocycles. The van der Waals surface area contributed by atoms with Crippen molar-refractivity contribution < 1.29 is 13.6 Å². The predicted octanol–water partition coefficient (Wildman–Crippen LogP) is 10.7. The standard InChI is InChI=1S/C30H61NO2P/c1-6-8-9-10-11-12-13-14-15-16-17-18-19-20-21-22-23-24-25-26-27-29-30(28-7-2,34(32)33)31(3,4)5/h14-15H,6-13,16-29H2,1-5H3/q+1. The van der Waals surface area contributed by atoms with Crippen molar-refractivity contribution in [2.75, 3.05) is 21.1 Å². The van der Waals surface area contributed by atoms with Gasteiger partial charge in [0.15, 0.2) is 0 Å². The fourth-order valence-electron chi connectivity index (χ4n) is 5.16. The number of rotatable bonds is 25. The largest absolute Gasteiger partial charge is 0.378 e. The fraction of sp³-hybridized carbons (Fsp3) is 0.933. The molecule has 0 aromatic rings. The van der Waals surface area contributed by atoms with Crippen molar-refractivity contribution >= 4 is 7.68 Å². The zero-order valence-electron chi connectivity index (χ0n) is 23.9. The Hall–Kier alpha value is -0.400. The van der Waals surface area contributed by atoms with E-state index < -0.39 is 13.0 Å². The van der Waals surface area contributed by atoms with E-state index in [-0.39, 0.29) is 0 Å². The van der Waals surface area contributed by atoms with E-state index in [1.54, 1.807) is 0 Å². The van der Waals surface area contributed by atoms with Crippen LogP contribution >= 0.6 is 7.68 Å². The quantitative estimate of drug-likeness (QED) is 0.0543. The SMILES string of the molecule is CCCCCCCCC=CCCCCCCCCCCCCCC(CCC)(P(=O)=O)[N+](C)(C)C. The Balaban J connectivity index is 3.57. The first-order valence-corrected chi connectivity index (χ1v) is 16.1. The smallest absolute Gasteiger partial charge is 0.314 e. The molecular formula is C30H61NO2P+. The summed E-state index contributed by atoms with van der Waals surface area (Å²) < 4.78 is 24.8. The number of hydrogen-bond acceptors (Lipinski definition) is 2. The van der Waals surface area contributed by atoms with Gasteiger partial charge in [0.05, 0.1) is 21.1 Å². The molecular weight excluding hydrogens is 437 g/mol. The molecule has 0 N–H and O–H groups in total. The third-order valence-electron chi connectivity index (χ3n) is 7.58. The van der Waals surface area contributed by atoms with Crippen LogP contribution in [-0.4, -0.2) is 30.9 Å². The van der Waals surface area contributed by atoms with Crippen molar-refractivity contribution in [3.8, 4) is 0 Å². The lowest BCUT2D eigenvalue weighted by atomic mass is 9.99. The lowest BCUT2D eigenvalue weighted by Crippen LogP contribution is -2.53. The summed E-state index contributed by atoms with van der Waals surface area (Å²) in [7, 11) is 3.69. The van der Waals surface area contributed by atoms with Crippen molar-refractivity contribution in [3.63, 3.8) is 0 Å². The lowest BCUT2D eigenvalue weighted by Gasteiger charge is -2.41. The van der Waals surface area contributed by atoms with Gasteiger partial charge in [0.2, 0.25) is 5.28 Å². The van der Waals surface area contributed by atoms with E-state index >= 15 is 0 Å². The van der Waals surface area contributed by atoms with Gasteiger partial charge in [-0.25, -0.2) is 9.13 Å². The van der Waals surface area contributed by atoms with Crippen LogP contribution in [0.5, 0.6) is 0 Å². The van der Waals surface area contributed by atoms with Gasteiger partial charge in [-0.05, 0) is 38.5 Å². The summed E-state index contributed by atoms with van der Waals surface area (Å²) in [6.07, 6.45) is 32.6. The lowest BCUT2D eigenvalue weighted by molar-refractivity contribution is -0.908. The van der Waals surface area contributed by atoms with Gasteiger partial charge in [-0.1, -0.05) is 116 Å². The fourth-order valence-corrected chi connectivity index (χ4v) is 6.40.